The van der Waals surface area contributed by atoms with Crippen LogP contribution >= 0.6 is 0 Å². The zero-order chi connectivity index (χ0) is 23.7. The third kappa shape index (κ3) is 7.84. The molecule has 4 heteroatoms. The summed E-state index contributed by atoms with van der Waals surface area (Å²) in [5.41, 5.74) is 5.36. The van der Waals surface area contributed by atoms with Crippen molar-refractivity contribution < 1.29 is 19.4 Å². The van der Waals surface area contributed by atoms with Crippen molar-refractivity contribution in [2.24, 2.45) is 5.41 Å². The van der Waals surface area contributed by atoms with Crippen molar-refractivity contribution in [3.63, 3.8) is 0 Å². The smallest absolute Gasteiger partial charge is 0.331 e. The van der Waals surface area contributed by atoms with Crippen LogP contribution in [0.2, 0.25) is 0 Å². The monoisotopic (exact) mass is 434 g/mol. The van der Waals surface area contributed by atoms with Crippen LogP contribution in [0.25, 0.3) is 0 Å². The lowest BCUT2D eigenvalue weighted by molar-refractivity contribution is -0.136. The molecule has 0 unspecified atom stereocenters. The van der Waals surface area contributed by atoms with Gasteiger partial charge in [-0.2, -0.15) is 0 Å². The Bertz CT molecular complexity index is 983. The van der Waals surface area contributed by atoms with Crippen LogP contribution < -0.4 is 0 Å². The first-order valence-electron chi connectivity index (χ1n) is 11.0. The minimum atomic E-state index is -0.568. The van der Waals surface area contributed by atoms with Crippen molar-refractivity contribution in [1.29, 1.82) is 0 Å². The molecule has 2 rings (SSSR count). The largest absolute Gasteiger partial charge is 0.508 e. The quantitative estimate of drug-likeness (QED) is 0.215. The Morgan fingerprint density at radius 3 is 2.44 bits per heavy atom. The summed E-state index contributed by atoms with van der Waals surface area (Å²) in [6.45, 7) is 10.4. The molecule has 0 bridgehead atoms. The van der Waals surface area contributed by atoms with Crippen molar-refractivity contribution in [3.8, 4) is 5.75 Å². The third-order valence-corrected chi connectivity index (χ3v) is 5.65. The van der Waals surface area contributed by atoms with E-state index in [1.54, 1.807) is 6.92 Å². The number of phenolic OH excluding ortho intramolecular Hbond substituents is 1. The Hall–Kier alpha value is -3.14. The maximum atomic E-state index is 12.0. The number of ether oxygens (including phenoxy) is 1. The molecule has 1 aliphatic carbocycles. The summed E-state index contributed by atoms with van der Waals surface area (Å²) in [5.74, 6) is -0.813. The zero-order valence-corrected chi connectivity index (χ0v) is 19.8. The molecule has 0 amide bonds. The van der Waals surface area contributed by atoms with Crippen LogP contribution in [0.15, 0.2) is 83.0 Å². The van der Waals surface area contributed by atoms with Crippen LogP contribution in [0.3, 0.4) is 0 Å². The van der Waals surface area contributed by atoms with Gasteiger partial charge < -0.3 is 9.84 Å². The molecular weight excluding hydrogens is 400 g/mol. The molecule has 0 saturated heterocycles. The summed E-state index contributed by atoms with van der Waals surface area (Å²) in [5, 5.41) is 9.26. The number of aromatic hydroxyl groups is 1. The molecule has 0 aliphatic heterocycles. The van der Waals surface area contributed by atoms with Crippen LogP contribution in [-0.2, 0) is 9.53 Å². The van der Waals surface area contributed by atoms with E-state index in [0.717, 1.165) is 11.1 Å². The number of esters is 1. The Balaban J connectivity index is 1.88. The summed E-state index contributed by atoms with van der Waals surface area (Å²) in [6.07, 6.45) is 15.1. The SMILES string of the molecule is CC1=C(/C=C/C(C)=C/C=C/C(C)=C/C(=O)OCC(=O)c2ccc(O)cc2)C(C)(C)CCC1. The molecule has 1 aliphatic rings. The molecule has 1 N–H and O–H groups in total. The first kappa shape index (κ1) is 25.1. The topological polar surface area (TPSA) is 63.6 Å². The summed E-state index contributed by atoms with van der Waals surface area (Å²) < 4.78 is 5.03. The number of hydrogen-bond donors (Lipinski definition) is 1. The van der Waals surface area contributed by atoms with Crippen LogP contribution in [0.5, 0.6) is 5.75 Å². The summed E-state index contributed by atoms with van der Waals surface area (Å²) in [4.78, 5) is 24.0. The molecule has 0 fully saturated rings. The Morgan fingerprint density at radius 1 is 1.09 bits per heavy atom. The molecule has 0 saturated carbocycles. The standard InChI is InChI=1S/C28H34O4/c1-20(11-16-25-22(3)10-7-17-28(25,4)5)8-6-9-21(2)18-27(31)32-19-26(30)23-12-14-24(29)15-13-23/h6,8-9,11-16,18,29H,7,10,17,19H2,1-5H3/b9-6+,16-11+,20-8+,21-18+. The van der Waals surface area contributed by atoms with Crippen LogP contribution in [0.4, 0.5) is 0 Å². The van der Waals surface area contributed by atoms with Gasteiger partial charge in [0, 0.05) is 11.6 Å². The van der Waals surface area contributed by atoms with E-state index in [9.17, 15) is 14.7 Å². The molecule has 170 valence electrons. The van der Waals surface area contributed by atoms with E-state index >= 15 is 0 Å². The van der Waals surface area contributed by atoms with E-state index < -0.39 is 5.97 Å². The summed E-state index contributed by atoms with van der Waals surface area (Å²) in [6, 6.07) is 5.82. The van der Waals surface area contributed by atoms with Gasteiger partial charge in [0.05, 0.1) is 0 Å². The van der Waals surface area contributed by atoms with Gasteiger partial charge in [-0.3, -0.25) is 4.79 Å². The first-order chi connectivity index (χ1) is 15.1. The Morgan fingerprint density at radius 2 is 1.78 bits per heavy atom. The number of hydrogen-bond acceptors (Lipinski definition) is 4. The van der Waals surface area contributed by atoms with Gasteiger partial charge in [0.25, 0.3) is 0 Å². The molecule has 4 nitrogen and oxygen atoms in total. The minimum Gasteiger partial charge on any atom is -0.508 e. The molecule has 1 aromatic carbocycles. The maximum Gasteiger partial charge on any atom is 0.331 e. The molecule has 0 spiro atoms. The lowest BCUT2D eigenvalue weighted by atomic mass is 9.72. The number of phenols is 1. The fourth-order valence-corrected chi connectivity index (χ4v) is 3.78. The number of carbonyl (C=O) groups excluding carboxylic acids is 2. The highest BCUT2D eigenvalue weighted by molar-refractivity contribution is 5.98. The van der Waals surface area contributed by atoms with Gasteiger partial charge in [-0.15, -0.1) is 0 Å². The van der Waals surface area contributed by atoms with E-state index in [4.69, 9.17) is 4.74 Å². The fraction of sp³-hybridized carbons (Fsp3) is 0.357. The maximum absolute atomic E-state index is 12.0. The van der Waals surface area contributed by atoms with E-state index in [1.165, 1.54) is 60.8 Å². The van der Waals surface area contributed by atoms with Gasteiger partial charge in [-0.25, -0.2) is 4.79 Å². The van der Waals surface area contributed by atoms with Crippen molar-refractivity contribution >= 4 is 11.8 Å². The highest BCUT2D eigenvalue weighted by Crippen LogP contribution is 2.40. The molecule has 0 heterocycles. The third-order valence-electron chi connectivity index (χ3n) is 5.65. The van der Waals surface area contributed by atoms with Crippen molar-refractivity contribution in [2.75, 3.05) is 6.61 Å². The predicted molar refractivity (Wildman–Crippen MR) is 130 cm³/mol. The number of carbonyl (C=O) groups is 2. The average Bonchev–Trinajstić information content (AvgIpc) is 2.71. The van der Waals surface area contributed by atoms with Gasteiger partial charge >= 0.3 is 5.97 Å². The number of ketones is 1. The van der Waals surface area contributed by atoms with Gasteiger partial charge in [0.1, 0.15) is 5.75 Å². The molecule has 0 aromatic heterocycles. The second-order valence-electron chi connectivity index (χ2n) is 9.00. The molecule has 32 heavy (non-hydrogen) atoms. The van der Waals surface area contributed by atoms with Gasteiger partial charge in [-0.1, -0.05) is 55.4 Å². The lowest BCUT2D eigenvalue weighted by Crippen LogP contribution is -2.19. The number of benzene rings is 1. The summed E-state index contributed by atoms with van der Waals surface area (Å²) in [7, 11) is 0. The second-order valence-corrected chi connectivity index (χ2v) is 9.00. The number of Topliss-reactive ketones (excluding diaryl/α,β-unsaturated/α-hetero) is 1. The molecular formula is C28H34O4. The highest BCUT2D eigenvalue weighted by Gasteiger charge is 2.26. The van der Waals surface area contributed by atoms with Crippen molar-refractivity contribution in [1.82, 2.24) is 0 Å². The lowest BCUT2D eigenvalue weighted by Gasteiger charge is -2.32. The molecule has 0 radical (unpaired) electrons. The van der Waals surface area contributed by atoms with Crippen molar-refractivity contribution in [2.45, 2.75) is 53.9 Å². The zero-order valence-electron chi connectivity index (χ0n) is 19.8. The number of allylic oxidation sites excluding steroid dienone is 9. The average molecular weight is 435 g/mol. The van der Waals surface area contributed by atoms with Gasteiger partial charge in [0.15, 0.2) is 12.4 Å². The second kappa shape index (κ2) is 11.5. The minimum absolute atomic E-state index is 0.0775. The predicted octanol–water partition coefficient (Wildman–Crippen LogP) is 6.65. The van der Waals surface area contributed by atoms with Crippen molar-refractivity contribution in [3.05, 3.63) is 88.6 Å². The van der Waals surface area contributed by atoms with E-state index in [2.05, 4.69) is 39.8 Å². The van der Waals surface area contributed by atoms with E-state index in [-0.39, 0.29) is 23.6 Å². The fourth-order valence-electron chi connectivity index (χ4n) is 3.78. The molecule has 1 aromatic rings. The van der Waals surface area contributed by atoms with Gasteiger partial charge in [0.2, 0.25) is 0 Å². The number of rotatable bonds is 8. The highest BCUT2D eigenvalue weighted by atomic mass is 16.5. The van der Waals surface area contributed by atoms with E-state index in [0.29, 0.717) is 5.56 Å². The van der Waals surface area contributed by atoms with Crippen LogP contribution in [0, 0.1) is 5.41 Å². The van der Waals surface area contributed by atoms with E-state index in [1.807, 2.05) is 18.2 Å². The van der Waals surface area contributed by atoms with Crippen LogP contribution in [0.1, 0.15) is 64.2 Å². The summed E-state index contributed by atoms with van der Waals surface area (Å²) >= 11 is 0. The Labute approximate surface area is 191 Å². The molecule has 0 atom stereocenters. The van der Waals surface area contributed by atoms with Crippen LogP contribution in [-0.4, -0.2) is 23.5 Å². The van der Waals surface area contributed by atoms with Gasteiger partial charge in [-0.05, 0) is 80.9 Å². The normalized spacial score (nSPS) is 17.3. The Kier molecular flexibility index (Phi) is 9.01. The first-order valence-corrected chi connectivity index (χ1v) is 11.0.